The Hall–Kier alpha value is -1.32. The van der Waals surface area contributed by atoms with Crippen molar-refractivity contribution in [3.05, 3.63) is 24.6 Å². The van der Waals surface area contributed by atoms with Crippen LogP contribution in [0.3, 0.4) is 0 Å². The molecule has 0 aromatic carbocycles. The minimum atomic E-state index is -0.328. The van der Waals surface area contributed by atoms with Gasteiger partial charge in [-0.15, -0.1) is 0 Å². The SMILES string of the molecule is Cn1cncc1[CH]CC(N)=O. The van der Waals surface area contributed by atoms with Gasteiger partial charge in [0.1, 0.15) is 0 Å². The first-order chi connectivity index (χ1) is 5.20. The number of hydrogen-bond donors (Lipinski definition) is 1. The van der Waals surface area contributed by atoms with Gasteiger partial charge in [-0.3, -0.25) is 4.79 Å². The molecule has 0 fully saturated rings. The van der Waals surface area contributed by atoms with Crippen molar-refractivity contribution >= 4 is 5.91 Å². The highest BCUT2D eigenvalue weighted by atomic mass is 16.1. The molecule has 0 saturated heterocycles. The second-order valence-electron chi connectivity index (χ2n) is 2.30. The van der Waals surface area contributed by atoms with Crippen LogP contribution in [0.5, 0.6) is 0 Å². The maximum absolute atomic E-state index is 10.4. The van der Waals surface area contributed by atoms with Gasteiger partial charge in [-0.25, -0.2) is 4.98 Å². The monoisotopic (exact) mass is 152 g/mol. The van der Waals surface area contributed by atoms with Crippen molar-refractivity contribution in [3.8, 4) is 0 Å². The van der Waals surface area contributed by atoms with E-state index in [0.29, 0.717) is 0 Å². The summed E-state index contributed by atoms with van der Waals surface area (Å²) in [7, 11) is 1.86. The summed E-state index contributed by atoms with van der Waals surface area (Å²) in [4.78, 5) is 14.2. The first kappa shape index (κ1) is 7.78. The standard InChI is InChI=1S/C7H10N3O/c1-10-5-9-4-6(10)2-3-7(8)11/h2,4-5H,3H2,1H3,(H2,8,11). The Kier molecular flexibility index (Phi) is 2.25. The number of hydrogen-bond acceptors (Lipinski definition) is 2. The van der Waals surface area contributed by atoms with Crippen molar-refractivity contribution in [2.24, 2.45) is 12.8 Å². The van der Waals surface area contributed by atoms with E-state index in [1.54, 1.807) is 18.9 Å². The molecule has 1 aromatic heterocycles. The molecule has 0 spiro atoms. The Morgan fingerprint density at radius 1 is 1.91 bits per heavy atom. The van der Waals surface area contributed by atoms with Gasteiger partial charge in [0, 0.05) is 31.8 Å². The fourth-order valence-corrected chi connectivity index (χ4v) is 0.769. The predicted molar refractivity (Wildman–Crippen MR) is 40.4 cm³/mol. The molecule has 0 aliphatic rings. The van der Waals surface area contributed by atoms with Crippen LogP contribution in [-0.2, 0) is 11.8 Å². The Labute approximate surface area is 65.0 Å². The van der Waals surface area contributed by atoms with E-state index in [4.69, 9.17) is 5.73 Å². The van der Waals surface area contributed by atoms with Crippen LogP contribution in [0, 0.1) is 6.42 Å². The van der Waals surface area contributed by atoms with Crippen molar-refractivity contribution in [1.82, 2.24) is 9.55 Å². The lowest BCUT2D eigenvalue weighted by Gasteiger charge is -1.97. The zero-order chi connectivity index (χ0) is 8.27. The van der Waals surface area contributed by atoms with Gasteiger partial charge in [0.25, 0.3) is 0 Å². The Morgan fingerprint density at radius 3 is 3.09 bits per heavy atom. The summed E-state index contributed by atoms with van der Waals surface area (Å²) in [5.41, 5.74) is 5.87. The van der Waals surface area contributed by atoms with Gasteiger partial charge in [-0.1, -0.05) is 0 Å². The Morgan fingerprint density at radius 2 is 2.64 bits per heavy atom. The third-order valence-electron chi connectivity index (χ3n) is 1.37. The van der Waals surface area contributed by atoms with Crippen LogP contribution < -0.4 is 5.73 Å². The Bertz CT molecular complexity index is 254. The molecule has 4 nitrogen and oxygen atoms in total. The molecule has 0 bridgehead atoms. The maximum Gasteiger partial charge on any atom is 0.218 e. The van der Waals surface area contributed by atoms with E-state index < -0.39 is 0 Å². The molecule has 0 aliphatic heterocycles. The van der Waals surface area contributed by atoms with Crippen molar-refractivity contribution in [1.29, 1.82) is 0 Å². The van der Waals surface area contributed by atoms with Crippen molar-refractivity contribution < 1.29 is 4.79 Å². The van der Waals surface area contributed by atoms with Crippen LogP contribution in [0.1, 0.15) is 12.1 Å². The second kappa shape index (κ2) is 3.18. The Balaban J connectivity index is 2.51. The third-order valence-corrected chi connectivity index (χ3v) is 1.37. The average Bonchev–Trinajstić information content (AvgIpc) is 2.31. The number of nitrogens with zero attached hydrogens (tertiary/aromatic N) is 2. The molecular weight excluding hydrogens is 142 g/mol. The summed E-state index contributed by atoms with van der Waals surface area (Å²) in [5.74, 6) is -0.328. The zero-order valence-corrected chi connectivity index (χ0v) is 6.32. The van der Waals surface area contributed by atoms with Gasteiger partial charge < -0.3 is 10.3 Å². The lowest BCUT2D eigenvalue weighted by Crippen LogP contribution is -2.11. The number of amides is 1. The van der Waals surface area contributed by atoms with E-state index in [0.717, 1.165) is 5.69 Å². The summed E-state index contributed by atoms with van der Waals surface area (Å²) in [5, 5.41) is 0. The van der Waals surface area contributed by atoms with Crippen molar-refractivity contribution in [2.45, 2.75) is 6.42 Å². The maximum atomic E-state index is 10.4. The number of aryl methyl sites for hydroxylation is 1. The zero-order valence-electron chi connectivity index (χ0n) is 6.32. The number of carbonyl (C=O) groups is 1. The van der Waals surface area contributed by atoms with Crippen molar-refractivity contribution in [2.75, 3.05) is 0 Å². The second-order valence-corrected chi connectivity index (χ2v) is 2.30. The van der Waals surface area contributed by atoms with E-state index in [2.05, 4.69) is 4.98 Å². The molecule has 0 unspecified atom stereocenters. The van der Waals surface area contributed by atoms with Gasteiger partial charge in [0.15, 0.2) is 0 Å². The largest absolute Gasteiger partial charge is 0.370 e. The number of imidazole rings is 1. The van der Waals surface area contributed by atoms with E-state index in [9.17, 15) is 4.79 Å². The topological polar surface area (TPSA) is 60.9 Å². The predicted octanol–water partition coefficient (Wildman–Crippen LogP) is -0.152. The molecule has 1 amide bonds. The summed E-state index contributed by atoms with van der Waals surface area (Å²) >= 11 is 0. The number of aromatic nitrogens is 2. The van der Waals surface area contributed by atoms with Gasteiger partial charge in [-0.05, 0) is 0 Å². The van der Waals surface area contributed by atoms with Gasteiger partial charge in [-0.2, -0.15) is 0 Å². The highest BCUT2D eigenvalue weighted by Gasteiger charge is 2.00. The average molecular weight is 152 g/mol. The highest BCUT2D eigenvalue weighted by Crippen LogP contribution is 2.01. The molecule has 0 aliphatic carbocycles. The first-order valence-corrected chi connectivity index (χ1v) is 3.28. The van der Waals surface area contributed by atoms with E-state index in [1.165, 1.54) is 0 Å². The van der Waals surface area contributed by atoms with Gasteiger partial charge in [0.05, 0.1) is 6.33 Å². The molecule has 1 rings (SSSR count). The van der Waals surface area contributed by atoms with Crippen LogP contribution >= 0.6 is 0 Å². The van der Waals surface area contributed by atoms with E-state index in [-0.39, 0.29) is 12.3 Å². The van der Waals surface area contributed by atoms with Crippen LogP contribution in [0.25, 0.3) is 0 Å². The molecule has 4 heteroatoms. The molecule has 1 radical (unpaired) electrons. The minimum Gasteiger partial charge on any atom is -0.370 e. The molecule has 59 valence electrons. The smallest absolute Gasteiger partial charge is 0.218 e. The molecule has 1 aromatic rings. The van der Waals surface area contributed by atoms with Gasteiger partial charge in [0.2, 0.25) is 5.91 Å². The lowest BCUT2D eigenvalue weighted by atomic mass is 10.2. The summed E-state index contributed by atoms with van der Waals surface area (Å²) in [6, 6.07) is 0. The summed E-state index contributed by atoms with van der Waals surface area (Å²) in [6.45, 7) is 0. The lowest BCUT2D eigenvalue weighted by molar-refractivity contribution is -0.117. The number of carbonyl (C=O) groups excluding carboxylic acids is 1. The van der Waals surface area contributed by atoms with Crippen molar-refractivity contribution in [3.63, 3.8) is 0 Å². The normalized spacial score (nSPS) is 9.91. The van der Waals surface area contributed by atoms with Crippen LogP contribution in [0.15, 0.2) is 12.5 Å². The fourth-order valence-electron chi connectivity index (χ4n) is 0.769. The number of nitrogens with two attached hydrogens (primary N) is 1. The minimum absolute atomic E-state index is 0.263. The van der Waals surface area contributed by atoms with Crippen LogP contribution in [0.4, 0.5) is 0 Å². The quantitative estimate of drug-likeness (QED) is 0.654. The molecule has 1 heterocycles. The van der Waals surface area contributed by atoms with Crippen LogP contribution in [-0.4, -0.2) is 15.5 Å². The van der Waals surface area contributed by atoms with Crippen LogP contribution in [0.2, 0.25) is 0 Å². The summed E-state index contributed by atoms with van der Waals surface area (Å²) < 4.78 is 1.82. The first-order valence-electron chi connectivity index (χ1n) is 3.28. The number of rotatable bonds is 3. The van der Waals surface area contributed by atoms with E-state index >= 15 is 0 Å². The fraction of sp³-hybridized carbons (Fsp3) is 0.286. The third kappa shape index (κ3) is 2.07. The molecule has 2 N–H and O–H groups in total. The molecule has 0 saturated carbocycles. The van der Waals surface area contributed by atoms with Gasteiger partial charge >= 0.3 is 0 Å². The van der Waals surface area contributed by atoms with E-state index in [1.807, 2.05) is 11.6 Å². The molecule has 0 atom stereocenters. The molecular formula is C7H10N3O. The molecule has 11 heavy (non-hydrogen) atoms. The summed E-state index contributed by atoms with van der Waals surface area (Å²) in [6.07, 6.45) is 5.37. The number of primary amides is 1. The highest BCUT2D eigenvalue weighted by molar-refractivity contribution is 5.75.